The second-order valence-electron chi connectivity index (χ2n) is 4.29. The number of aryl methyl sites for hydroxylation is 1. The van der Waals surface area contributed by atoms with Crippen molar-refractivity contribution in [3.8, 4) is 0 Å². The van der Waals surface area contributed by atoms with Gasteiger partial charge in [-0.15, -0.1) is 5.10 Å². The van der Waals surface area contributed by atoms with Crippen LogP contribution in [-0.4, -0.2) is 21.5 Å². The van der Waals surface area contributed by atoms with Gasteiger partial charge in [0.15, 0.2) is 0 Å². The van der Waals surface area contributed by atoms with E-state index < -0.39 is 0 Å². The Morgan fingerprint density at radius 2 is 2.29 bits per heavy atom. The molecule has 0 aliphatic carbocycles. The number of rotatable bonds is 2. The lowest BCUT2D eigenvalue weighted by atomic mass is 10.0. The number of hydrogen-bond acceptors (Lipinski definition) is 3. The van der Waals surface area contributed by atoms with E-state index in [1.165, 1.54) is 18.5 Å². The number of hydrogen-bond donors (Lipinski definition) is 1. The van der Waals surface area contributed by atoms with Gasteiger partial charge in [0.05, 0.1) is 11.7 Å². The molecular formula is C10H18N4. The van der Waals surface area contributed by atoms with Crippen LogP contribution in [0.15, 0.2) is 0 Å². The normalized spacial score (nSPS) is 22.1. The van der Waals surface area contributed by atoms with Crippen molar-refractivity contribution in [2.75, 3.05) is 6.54 Å². The van der Waals surface area contributed by atoms with Gasteiger partial charge < -0.3 is 5.32 Å². The lowest BCUT2D eigenvalue weighted by molar-refractivity contribution is 0.608. The fourth-order valence-corrected chi connectivity index (χ4v) is 2.22. The van der Waals surface area contributed by atoms with Crippen molar-refractivity contribution in [3.63, 3.8) is 0 Å². The van der Waals surface area contributed by atoms with Crippen molar-refractivity contribution in [1.29, 1.82) is 0 Å². The molecule has 1 aromatic rings. The van der Waals surface area contributed by atoms with Gasteiger partial charge in [-0.3, -0.25) is 4.68 Å². The quantitative estimate of drug-likeness (QED) is 0.773. The second-order valence-corrected chi connectivity index (χ2v) is 4.29. The van der Waals surface area contributed by atoms with Crippen LogP contribution in [0, 0.1) is 0 Å². The Morgan fingerprint density at radius 3 is 2.86 bits per heavy atom. The predicted octanol–water partition coefficient (Wildman–Crippen LogP) is 1.36. The molecule has 2 heterocycles. The molecule has 1 fully saturated rings. The lowest BCUT2D eigenvalue weighted by Crippen LogP contribution is -2.16. The third-order valence-corrected chi connectivity index (χ3v) is 2.83. The number of aromatic nitrogens is 3. The molecule has 1 N–H and O–H groups in total. The summed E-state index contributed by atoms with van der Waals surface area (Å²) < 4.78 is 1.90. The number of nitrogens with zero attached hydrogens (tertiary/aromatic N) is 3. The van der Waals surface area contributed by atoms with Crippen LogP contribution in [0.3, 0.4) is 0 Å². The predicted molar refractivity (Wildman–Crippen MR) is 55.1 cm³/mol. The molecule has 4 heteroatoms. The maximum absolute atomic E-state index is 4.27. The molecule has 14 heavy (non-hydrogen) atoms. The molecule has 1 aliphatic heterocycles. The minimum Gasteiger partial charge on any atom is -0.309 e. The molecule has 1 saturated heterocycles. The van der Waals surface area contributed by atoms with Gasteiger partial charge in [-0.1, -0.05) is 19.1 Å². The van der Waals surface area contributed by atoms with Gasteiger partial charge in [0.2, 0.25) is 0 Å². The van der Waals surface area contributed by atoms with Gasteiger partial charge in [0.1, 0.15) is 5.69 Å². The summed E-state index contributed by atoms with van der Waals surface area (Å²) in [4.78, 5) is 0. The molecule has 1 unspecified atom stereocenters. The van der Waals surface area contributed by atoms with Crippen LogP contribution in [-0.2, 0) is 7.05 Å². The van der Waals surface area contributed by atoms with Crippen LogP contribution in [0.5, 0.6) is 0 Å². The fraction of sp³-hybridized carbons (Fsp3) is 0.800. The van der Waals surface area contributed by atoms with Crippen molar-refractivity contribution in [1.82, 2.24) is 20.3 Å². The van der Waals surface area contributed by atoms with Crippen molar-refractivity contribution in [2.24, 2.45) is 7.05 Å². The monoisotopic (exact) mass is 194 g/mol. The highest BCUT2D eigenvalue weighted by Gasteiger charge is 2.24. The Bertz CT molecular complexity index is 310. The molecule has 78 valence electrons. The van der Waals surface area contributed by atoms with E-state index in [1.807, 2.05) is 11.7 Å². The molecule has 0 amide bonds. The van der Waals surface area contributed by atoms with E-state index in [9.17, 15) is 0 Å². The molecule has 0 bridgehead atoms. The second kappa shape index (κ2) is 3.69. The smallest absolute Gasteiger partial charge is 0.103 e. The van der Waals surface area contributed by atoms with Crippen molar-refractivity contribution >= 4 is 0 Å². The Morgan fingerprint density at radius 1 is 1.50 bits per heavy atom. The van der Waals surface area contributed by atoms with Crippen molar-refractivity contribution in [2.45, 2.75) is 38.6 Å². The Balaban J connectivity index is 2.32. The van der Waals surface area contributed by atoms with Crippen LogP contribution >= 0.6 is 0 Å². The fourth-order valence-electron chi connectivity index (χ4n) is 2.22. The Hall–Kier alpha value is -0.900. The zero-order valence-corrected chi connectivity index (χ0v) is 9.12. The van der Waals surface area contributed by atoms with Gasteiger partial charge in [0, 0.05) is 7.05 Å². The molecule has 1 aromatic heterocycles. The van der Waals surface area contributed by atoms with E-state index in [-0.39, 0.29) is 0 Å². The van der Waals surface area contributed by atoms with E-state index in [0.29, 0.717) is 12.0 Å². The van der Waals surface area contributed by atoms with Gasteiger partial charge >= 0.3 is 0 Å². The van der Waals surface area contributed by atoms with E-state index >= 15 is 0 Å². The summed E-state index contributed by atoms with van der Waals surface area (Å²) >= 11 is 0. The maximum Gasteiger partial charge on any atom is 0.103 e. The summed E-state index contributed by atoms with van der Waals surface area (Å²) in [6.45, 7) is 5.49. The largest absolute Gasteiger partial charge is 0.309 e. The molecular weight excluding hydrogens is 176 g/mol. The maximum atomic E-state index is 4.27. The summed E-state index contributed by atoms with van der Waals surface area (Å²) in [7, 11) is 1.97. The average Bonchev–Trinajstić information content (AvgIpc) is 2.70. The Labute approximate surface area is 84.7 Å². The van der Waals surface area contributed by atoms with E-state index in [0.717, 1.165) is 12.2 Å². The molecule has 2 rings (SSSR count). The number of nitrogens with one attached hydrogen (secondary N) is 1. The van der Waals surface area contributed by atoms with Gasteiger partial charge in [0.25, 0.3) is 0 Å². The molecule has 1 aliphatic rings. The molecule has 0 saturated carbocycles. The van der Waals surface area contributed by atoms with Gasteiger partial charge in [-0.05, 0) is 25.3 Å². The zero-order chi connectivity index (χ0) is 10.1. The lowest BCUT2D eigenvalue weighted by Gasteiger charge is -2.12. The molecule has 0 radical (unpaired) electrons. The highest BCUT2D eigenvalue weighted by atomic mass is 15.4. The first-order valence-electron chi connectivity index (χ1n) is 5.33. The third kappa shape index (κ3) is 1.54. The topological polar surface area (TPSA) is 42.7 Å². The minimum absolute atomic E-state index is 0.432. The van der Waals surface area contributed by atoms with Crippen LogP contribution < -0.4 is 5.32 Å². The highest BCUT2D eigenvalue weighted by molar-refractivity contribution is 5.18. The van der Waals surface area contributed by atoms with Crippen LogP contribution in [0.1, 0.15) is 50.0 Å². The highest BCUT2D eigenvalue weighted by Crippen LogP contribution is 2.27. The Kier molecular flexibility index (Phi) is 2.54. The van der Waals surface area contributed by atoms with Crippen molar-refractivity contribution < 1.29 is 0 Å². The third-order valence-electron chi connectivity index (χ3n) is 2.83. The van der Waals surface area contributed by atoms with E-state index in [2.05, 4.69) is 29.5 Å². The summed E-state index contributed by atoms with van der Waals surface area (Å²) in [5.41, 5.74) is 2.42. The van der Waals surface area contributed by atoms with Crippen LogP contribution in [0.25, 0.3) is 0 Å². The van der Waals surface area contributed by atoms with Crippen molar-refractivity contribution in [3.05, 3.63) is 11.4 Å². The molecule has 0 spiro atoms. The minimum atomic E-state index is 0.432. The first-order chi connectivity index (χ1) is 6.70. The summed E-state index contributed by atoms with van der Waals surface area (Å²) in [5.74, 6) is 0.493. The summed E-state index contributed by atoms with van der Waals surface area (Å²) in [5, 5.41) is 11.8. The van der Waals surface area contributed by atoms with E-state index in [1.54, 1.807) is 0 Å². The summed E-state index contributed by atoms with van der Waals surface area (Å²) in [6, 6.07) is 0.432. The first-order valence-corrected chi connectivity index (χ1v) is 5.33. The SMILES string of the molecule is CC(C)c1c(C2CCCN2)nnn1C. The first kappa shape index (κ1) is 9.65. The average molecular weight is 194 g/mol. The van der Waals surface area contributed by atoms with E-state index in [4.69, 9.17) is 0 Å². The molecule has 0 aromatic carbocycles. The van der Waals surface area contributed by atoms with Gasteiger partial charge in [-0.25, -0.2) is 0 Å². The molecule has 4 nitrogen and oxygen atoms in total. The molecule has 1 atom stereocenters. The summed E-state index contributed by atoms with van der Waals surface area (Å²) in [6.07, 6.45) is 2.44. The van der Waals surface area contributed by atoms with Gasteiger partial charge in [-0.2, -0.15) is 0 Å². The standard InChI is InChI=1S/C10H18N4/c1-7(2)10-9(12-13-14(10)3)8-5-4-6-11-8/h7-8,11H,4-6H2,1-3H3. The zero-order valence-electron chi connectivity index (χ0n) is 9.12. The van der Waals surface area contributed by atoms with Crippen LogP contribution in [0.2, 0.25) is 0 Å². The van der Waals surface area contributed by atoms with Crippen LogP contribution in [0.4, 0.5) is 0 Å².